The van der Waals surface area contributed by atoms with Crippen LogP contribution in [0, 0.1) is 5.82 Å². The molecule has 3 aromatic rings. The van der Waals surface area contributed by atoms with Crippen LogP contribution >= 0.6 is 12.4 Å². The molecule has 0 unspecified atom stereocenters. The van der Waals surface area contributed by atoms with Crippen molar-refractivity contribution in [3.8, 4) is 5.69 Å². The number of para-hydroxylation sites is 1. The lowest BCUT2D eigenvalue weighted by atomic mass is 10.1. The Kier molecular flexibility index (Phi) is 7.25. The Morgan fingerprint density at radius 1 is 1.07 bits per heavy atom. The molecular formula is C22H26ClFN4O. The Labute approximate surface area is 176 Å². The summed E-state index contributed by atoms with van der Waals surface area (Å²) in [6.07, 6.45) is 2.24. The highest BCUT2D eigenvalue weighted by Crippen LogP contribution is 2.24. The quantitative estimate of drug-likeness (QED) is 0.540. The average Bonchev–Trinajstić information content (AvgIpc) is 3.12. The van der Waals surface area contributed by atoms with Crippen LogP contribution in [0.1, 0.15) is 23.3 Å². The van der Waals surface area contributed by atoms with Gasteiger partial charge >= 0.3 is 0 Å². The maximum Gasteiger partial charge on any atom is 0.268 e. The molecule has 1 fully saturated rings. The van der Waals surface area contributed by atoms with Crippen molar-refractivity contribution in [2.45, 2.75) is 18.9 Å². The molecule has 0 spiro atoms. The highest BCUT2D eigenvalue weighted by molar-refractivity contribution is 6.00. The van der Waals surface area contributed by atoms with Gasteiger partial charge in [-0.05, 0) is 62.3 Å². The zero-order valence-electron chi connectivity index (χ0n) is 16.2. The number of nitrogens with one attached hydrogen (secondary N) is 3. The molecular weight excluding hydrogens is 391 g/mol. The summed E-state index contributed by atoms with van der Waals surface area (Å²) in [5.74, 6) is -0.428. The molecule has 1 aromatic heterocycles. The summed E-state index contributed by atoms with van der Waals surface area (Å²) in [7, 11) is 0. The summed E-state index contributed by atoms with van der Waals surface area (Å²) in [6, 6.07) is 16.4. The van der Waals surface area contributed by atoms with Crippen LogP contribution in [0.15, 0.2) is 54.6 Å². The van der Waals surface area contributed by atoms with Gasteiger partial charge in [0.05, 0.1) is 5.52 Å². The van der Waals surface area contributed by atoms with Gasteiger partial charge in [0.1, 0.15) is 11.5 Å². The number of piperidine rings is 1. The summed E-state index contributed by atoms with van der Waals surface area (Å²) in [5, 5.41) is 10.8. The van der Waals surface area contributed by atoms with E-state index in [9.17, 15) is 9.18 Å². The normalized spacial score (nSPS) is 14.5. The number of hydrogen-bond donors (Lipinski definition) is 3. The Morgan fingerprint density at radius 3 is 2.55 bits per heavy atom. The lowest BCUT2D eigenvalue weighted by Crippen LogP contribution is -2.43. The van der Waals surface area contributed by atoms with E-state index >= 15 is 0 Å². The third-order valence-electron chi connectivity index (χ3n) is 5.21. The SMILES string of the molecule is Cl.O=C(NCCNC1CCNCC1)c1cc2ccccc2n1-c1ccc(F)cc1. The molecule has 29 heavy (non-hydrogen) atoms. The molecule has 0 bridgehead atoms. The van der Waals surface area contributed by atoms with E-state index in [-0.39, 0.29) is 24.1 Å². The molecule has 3 N–H and O–H groups in total. The van der Waals surface area contributed by atoms with E-state index in [4.69, 9.17) is 0 Å². The first kappa shape index (κ1) is 21.3. The molecule has 0 atom stereocenters. The number of amides is 1. The van der Waals surface area contributed by atoms with Crippen LogP contribution in [0.2, 0.25) is 0 Å². The molecule has 0 aliphatic carbocycles. The van der Waals surface area contributed by atoms with Gasteiger partial charge in [-0.3, -0.25) is 4.79 Å². The number of carbonyl (C=O) groups is 1. The Hall–Kier alpha value is -2.41. The monoisotopic (exact) mass is 416 g/mol. The number of rotatable bonds is 6. The van der Waals surface area contributed by atoms with Crippen LogP contribution < -0.4 is 16.0 Å². The number of benzene rings is 2. The van der Waals surface area contributed by atoms with Crippen LogP contribution in [0.4, 0.5) is 4.39 Å². The largest absolute Gasteiger partial charge is 0.349 e. The van der Waals surface area contributed by atoms with E-state index in [1.807, 2.05) is 34.9 Å². The van der Waals surface area contributed by atoms with Gasteiger partial charge in [0.25, 0.3) is 5.91 Å². The summed E-state index contributed by atoms with van der Waals surface area (Å²) in [4.78, 5) is 12.9. The lowest BCUT2D eigenvalue weighted by molar-refractivity contribution is 0.0947. The fourth-order valence-corrected chi connectivity index (χ4v) is 3.76. The maximum absolute atomic E-state index is 13.4. The van der Waals surface area contributed by atoms with Gasteiger partial charge in [-0.1, -0.05) is 18.2 Å². The number of fused-ring (bicyclic) bond motifs is 1. The smallest absolute Gasteiger partial charge is 0.268 e. The van der Waals surface area contributed by atoms with Crippen molar-refractivity contribution in [3.05, 3.63) is 66.1 Å². The van der Waals surface area contributed by atoms with Crippen molar-refractivity contribution in [1.29, 1.82) is 0 Å². The van der Waals surface area contributed by atoms with Gasteiger partial charge in [0, 0.05) is 30.2 Å². The predicted molar refractivity (Wildman–Crippen MR) is 117 cm³/mol. The highest BCUT2D eigenvalue weighted by atomic mass is 35.5. The molecule has 154 valence electrons. The summed E-state index contributed by atoms with van der Waals surface area (Å²) in [5.41, 5.74) is 2.24. The van der Waals surface area contributed by atoms with Gasteiger partial charge in [0.2, 0.25) is 0 Å². The van der Waals surface area contributed by atoms with Crippen molar-refractivity contribution >= 4 is 29.2 Å². The van der Waals surface area contributed by atoms with Crippen molar-refractivity contribution < 1.29 is 9.18 Å². The molecule has 1 saturated heterocycles. The minimum atomic E-state index is -0.296. The van der Waals surface area contributed by atoms with Crippen LogP contribution in [-0.4, -0.2) is 42.7 Å². The number of hydrogen-bond acceptors (Lipinski definition) is 3. The van der Waals surface area contributed by atoms with Crippen LogP contribution in [0.3, 0.4) is 0 Å². The number of halogens is 2. The number of carbonyl (C=O) groups excluding carboxylic acids is 1. The number of nitrogens with zero attached hydrogens (tertiary/aromatic N) is 1. The van der Waals surface area contributed by atoms with E-state index < -0.39 is 0 Å². The molecule has 7 heteroatoms. The molecule has 1 aliphatic heterocycles. The molecule has 1 aliphatic rings. The van der Waals surface area contributed by atoms with Crippen LogP contribution in [0.25, 0.3) is 16.6 Å². The van der Waals surface area contributed by atoms with Gasteiger partial charge in [-0.25, -0.2) is 4.39 Å². The van der Waals surface area contributed by atoms with E-state index in [0.717, 1.165) is 49.1 Å². The van der Waals surface area contributed by atoms with Crippen LogP contribution in [-0.2, 0) is 0 Å². The molecule has 0 saturated carbocycles. The predicted octanol–water partition coefficient (Wildman–Crippen LogP) is 3.26. The molecule has 0 radical (unpaired) electrons. The standard InChI is InChI=1S/C22H25FN4O.ClH/c23-17-5-7-19(8-6-17)27-20-4-2-1-3-16(20)15-21(27)22(28)26-14-13-25-18-9-11-24-12-10-18;/h1-8,15,18,24-25H,9-14H2,(H,26,28);1H. The topological polar surface area (TPSA) is 58.1 Å². The van der Waals surface area contributed by atoms with E-state index in [1.165, 1.54) is 12.1 Å². The minimum Gasteiger partial charge on any atom is -0.349 e. The minimum absolute atomic E-state index is 0. The summed E-state index contributed by atoms with van der Waals surface area (Å²) < 4.78 is 15.2. The second-order valence-corrected chi connectivity index (χ2v) is 7.13. The van der Waals surface area contributed by atoms with Crippen LogP contribution in [0.5, 0.6) is 0 Å². The first-order chi connectivity index (χ1) is 13.7. The fourth-order valence-electron chi connectivity index (χ4n) is 3.76. The molecule has 4 rings (SSSR count). The maximum atomic E-state index is 13.4. The number of aromatic nitrogens is 1. The van der Waals surface area contributed by atoms with Gasteiger partial charge in [0.15, 0.2) is 0 Å². The first-order valence-corrected chi connectivity index (χ1v) is 9.81. The first-order valence-electron chi connectivity index (χ1n) is 9.81. The molecule has 2 heterocycles. The van der Waals surface area contributed by atoms with Crippen molar-refractivity contribution in [2.24, 2.45) is 0 Å². The third-order valence-corrected chi connectivity index (χ3v) is 5.21. The molecule has 5 nitrogen and oxygen atoms in total. The highest BCUT2D eigenvalue weighted by Gasteiger charge is 2.17. The van der Waals surface area contributed by atoms with Gasteiger partial charge in [-0.2, -0.15) is 0 Å². The zero-order chi connectivity index (χ0) is 19.3. The Morgan fingerprint density at radius 2 is 1.79 bits per heavy atom. The lowest BCUT2D eigenvalue weighted by Gasteiger charge is -2.23. The summed E-state index contributed by atoms with van der Waals surface area (Å²) in [6.45, 7) is 3.39. The second-order valence-electron chi connectivity index (χ2n) is 7.13. The Balaban J connectivity index is 0.00000240. The third kappa shape index (κ3) is 4.96. The van der Waals surface area contributed by atoms with Gasteiger partial charge < -0.3 is 20.5 Å². The summed E-state index contributed by atoms with van der Waals surface area (Å²) >= 11 is 0. The average molecular weight is 417 g/mol. The van der Waals surface area contributed by atoms with Crippen molar-refractivity contribution in [1.82, 2.24) is 20.5 Å². The molecule has 2 aromatic carbocycles. The van der Waals surface area contributed by atoms with E-state index in [2.05, 4.69) is 16.0 Å². The second kappa shape index (κ2) is 9.87. The molecule has 1 amide bonds. The Bertz CT molecular complexity index is 951. The van der Waals surface area contributed by atoms with Crippen molar-refractivity contribution in [2.75, 3.05) is 26.2 Å². The van der Waals surface area contributed by atoms with E-state index in [1.54, 1.807) is 12.1 Å². The zero-order valence-corrected chi connectivity index (χ0v) is 17.0. The van der Waals surface area contributed by atoms with E-state index in [0.29, 0.717) is 18.3 Å². The van der Waals surface area contributed by atoms with Gasteiger partial charge in [-0.15, -0.1) is 12.4 Å². The fraction of sp³-hybridized carbons (Fsp3) is 0.318. The van der Waals surface area contributed by atoms with Crippen molar-refractivity contribution in [3.63, 3.8) is 0 Å².